The zero-order valence-electron chi connectivity index (χ0n) is 10.3. The summed E-state index contributed by atoms with van der Waals surface area (Å²) < 4.78 is 0. The van der Waals surface area contributed by atoms with Crippen LogP contribution in [0.3, 0.4) is 0 Å². The lowest BCUT2D eigenvalue weighted by Crippen LogP contribution is -1.98. The van der Waals surface area contributed by atoms with Gasteiger partial charge in [0.1, 0.15) is 0 Å². The summed E-state index contributed by atoms with van der Waals surface area (Å²) in [5.41, 5.74) is 4.66. The van der Waals surface area contributed by atoms with E-state index < -0.39 is 0 Å². The second-order valence-electron chi connectivity index (χ2n) is 3.91. The molecule has 0 amide bonds. The Balaban J connectivity index is 2.85. The van der Waals surface area contributed by atoms with Crippen LogP contribution in [0.15, 0.2) is 17.3 Å². The first-order valence-corrected chi connectivity index (χ1v) is 5.40. The van der Waals surface area contributed by atoms with E-state index >= 15 is 0 Å². The van der Waals surface area contributed by atoms with Crippen molar-refractivity contribution in [3.05, 3.63) is 34.4 Å². The maximum Gasteiger partial charge on any atom is 0.217 e. The third-order valence-electron chi connectivity index (χ3n) is 2.40. The number of rotatable bonds is 3. The third-order valence-corrected chi connectivity index (χ3v) is 2.40. The van der Waals surface area contributed by atoms with Gasteiger partial charge in [0.05, 0.1) is 6.21 Å². The van der Waals surface area contributed by atoms with Crippen molar-refractivity contribution in [2.75, 3.05) is 0 Å². The average Bonchev–Trinajstić information content (AvgIpc) is 2.21. The first-order chi connectivity index (χ1) is 7.54. The van der Waals surface area contributed by atoms with E-state index in [1.807, 2.05) is 20.8 Å². The zero-order valence-corrected chi connectivity index (χ0v) is 10.3. The van der Waals surface area contributed by atoms with Crippen molar-refractivity contribution >= 4 is 12.1 Å². The van der Waals surface area contributed by atoms with Crippen molar-refractivity contribution in [2.45, 2.75) is 34.1 Å². The summed E-state index contributed by atoms with van der Waals surface area (Å²) in [6.07, 6.45) is 2.23. The SMILES string of the molecule is CCC(=N)O/N=C/c1c(C)cc(C)cc1C. The van der Waals surface area contributed by atoms with Crippen molar-refractivity contribution in [3.8, 4) is 0 Å². The van der Waals surface area contributed by atoms with Gasteiger partial charge in [0.15, 0.2) is 0 Å². The van der Waals surface area contributed by atoms with Crippen molar-refractivity contribution < 1.29 is 4.84 Å². The van der Waals surface area contributed by atoms with E-state index in [2.05, 4.69) is 24.2 Å². The maximum atomic E-state index is 7.31. The minimum Gasteiger partial charge on any atom is -0.342 e. The monoisotopic (exact) mass is 218 g/mol. The van der Waals surface area contributed by atoms with Gasteiger partial charge in [0, 0.05) is 12.0 Å². The molecule has 86 valence electrons. The molecular formula is C13H18N2O. The topological polar surface area (TPSA) is 45.4 Å². The molecule has 3 heteroatoms. The van der Waals surface area contributed by atoms with E-state index in [-0.39, 0.29) is 5.90 Å². The lowest BCUT2D eigenvalue weighted by Gasteiger charge is -2.06. The van der Waals surface area contributed by atoms with Gasteiger partial charge in [-0.2, -0.15) is 0 Å². The van der Waals surface area contributed by atoms with Crippen LogP contribution in [0.2, 0.25) is 0 Å². The summed E-state index contributed by atoms with van der Waals surface area (Å²) in [6, 6.07) is 4.22. The maximum absolute atomic E-state index is 7.31. The molecule has 0 aromatic heterocycles. The molecule has 1 rings (SSSR count). The van der Waals surface area contributed by atoms with Crippen molar-refractivity contribution in [3.63, 3.8) is 0 Å². The molecule has 0 unspecified atom stereocenters. The highest BCUT2D eigenvalue weighted by Crippen LogP contribution is 2.14. The third kappa shape index (κ3) is 3.19. The molecule has 0 saturated heterocycles. The number of nitrogens with one attached hydrogen (secondary N) is 1. The Labute approximate surface area is 96.6 Å². The van der Waals surface area contributed by atoms with E-state index in [1.54, 1.807) is 6.21 Å². The molecular weight excluding hydrogens is 200 g/mol. The number of benzene rings is 1. The molecule has 1 aromatic carbocycles. The summed E-state index contributed by atoms with van der Waals surface area (Å²) in [6.45, 7) is 8.03. The summed E-state index contributed by atoms with van der Waals surface area (Å²) >= 11 is 0. The van der Waals surface area contributed by atoms with Gasteiger partial charge in [-0.3, -0.25) is 5.41 Å². The molecule has 0 saturated carbocycles. The van der Waals surface area contributed by atoms with Gasteiger partial charge in [-0.1, -0.05) is 29.8 Å². The van der Waals surface area contributed by atoms with Crippen LogP contribution >= 0.6 is 0 Å². The van der Waals surface area contributed by atoms with Gasteiger partial charge < -0.3 is 4.84 Å². The highest BCUT2D eigenvalue weighted by atomic mass is 16.6. The summed E-state index contributed by atoms with van der Waals surface area (Å²) in [5, 5.41) is 11.1. The predicted molar refractivity (Wildman–Crippen MR) is 67.3 cm³/mol. The molecule has 0 bridgehead atoms. The minimum atomic E-state index is 0.179. The van der Waals surface area contributed by atoms with E-state index in [1.165, 1.54) is 16.7 Å². The summed E-state index contributed by atoms with van der Waals surface area (Å²) in [5.74, 6) is 0.179. The van der Waals surface area contributed by atoms with E-state index in [9.17, 15) is 0 Å². The van der Waals surface area contributed by atoms with Crippen LogP contribution < -0.4 is 0 Å². The quantitative estimate of drug-likeness (QED) is 0.472. The van der Waals surface area contributed by atoms with Crippen LogP contribution in [-0.4, -0.2) is 12.1 Å². The Morgan fingerprint density at radius 2 is 1.88 bits per heavy atom. The summed E-state index contributed by atoms with van der Waals surface area (Å²) in [7, 11) is 0. The fourth-order valence-corrected chi connectivity index (χ4v) is 1.60. The van der Waals surface area contributed by atoms with Crippen LogP contribution in [0.5, 0.6) is 0 Å². The van der Waals surface area contributed by atoms with Gasteiger partial charge in [-0.05, 0) is 31.9 Å². The fourth-order valence-electron chi connectivity index (χ4n) is 1.60. The molecule has 0 heterocycles. The molecule has 16 heavy (non-hydrogen) atoms. The Hall–Kier alpha value is -1.64. The Bertz CT molecular complexity index is 399. The molecule has 0 atom stereocenters. The van der Waals surface area contributed by atoms with E-state index in [4.69, 9.17) is 10.2 Å². The predicted octanol–water partition coefficient (Wildman–Crippen LogP) is 3.35. The Morgan fingerprint density at radius 1 is 1.31 bits per heavy atom. The van der Waals surface area contributed by atoms with E-state index in [0.29, 0.717) is 6.42 Å². The zero-order chi connectivity index (χ0) is 12.1. The van der Waals surface area contributed by atoms with E-state index in [0.717, 1.165) is 5.56 Å². The molecule has 0 aliphatic carbocycles. The van der Waals surface area contributed by atoms with Crippen molar-refractivity contribution in [1.82, 2.24) is 0 Å². The largest absolute Gasteiger partial charge is 0.342 e. The number of nitrogens with zero attached hydrogens (tertiary/aromatic N) is 1. The van der Waals surface area contributed by atoms with Crippen LogP contribution in [-0.2, 0) is 4.84 Å². The first kappa shape index (κ1) is 12.4. The normalized spacial score (nSPS) is 10.8. The van der Waals surface area contributed by atoms with Crippen LogP contribution in [0, 0.1) is 26.2 Å². The molecule has 0 aliphatic heterocycles. The van der Waals surface area contributed by atoms with Crippen LogP contribution in [0.25, 0.3) is 0 Å². The lowest BCUT2D eigenvalue weighted by atomic mass is 10.0. The van der Waals surface area contributed by atoms with Gasteiger partial charge in [-0.15, -0.1) is 0 Å². The highest BCUT2D eigenvalue weighted by Gasteiger charge is 2.01. The number of hydrogen-bond acceptors (Lipinski definition) is 3. The van der Waals surface area contributed by atoms with Gasteiger partial charge in [0.25, 0.3) is 0 Å². The molecule has 0 spiro atoms. The lowest BCUT2D eigenvalue weighted by molar-refractivity contribution is 0.318. The number of hydrogen-bond donors (Lipinski definition) is 1. The van der Waals surface area contributed by atoms with Crippen molar-refractivity contribution in [1.29, 1.82) is 5.41 Å². The smallest absolute Gasteiger partial charge is 0.217 e. The second kappa shape index (κ2) is 5.45. The van der Waals surface area contributed by atoms with Crippen LogP contribution in [0.1, 0.15) is 35.6 Å². The molecule has 0 fully saturated rings. The second-order valence-corrected chi connectivity index (χ2v) is 3.91. The summed E-state index contributed by atoms with van der Waals surface area (Å²) in [4.78, 5) is 4.89. The first-order valence-electron chi connectivity index (χ1n) is 5.40. The average molecular weight is 218 g/mol. The molecule has 3 nitrogen and oxygen atoms in total. The van der Waals surface area contributed by atoms with Gasteiger partial charge >= 0.3 is 0 Å². The molecule has 1 N–H and O–H groups in total. The fraction of sp³-hybridized carbons (Fsp3) is 0.385. The highest BCUT2D eigenvalue weighted by molar-refractivity contribution is 5.84. The van der Waals surface area contributed by atoms with Gasteiger partial charge in [-0.25, -0.2) is 0 Å². The number of oxime groups is 1. The standard InChI is InChI=1S/C13H18N2O/c1-5-13(14)16-15-8-12-10(3)6-9(2)7-11(12)4/h6-8,14H,5H2,1-4H3/b14-13?,15-8+. The molecule has 0 aliphatic rings. The van der Waals surface area contributed by atoms with Crippen molar-refractivity contribution in [2.24, 2.45) is 5.16 Å². The molecule has 0 radical (unpaired) electrons. The number of aryl methyl sites for hydroxylation is 3. The Morgan fingerprint density at radius 3 is 2.38 bits per heavy atom. The Kier molecular flexibility index (Phi) is 4.23. The molecule has 1 aromatic rings. The van der Waals surface area contributed by atoms with Crippen LogP contribution in [0.4, 0.5) is 0 Å². The minimum absolute atomic E-state index is 0.179. The van der Waals surface area contributed by atoms with Gasteiger partial charge in [0.2, 0.25) is 5.90 Å².